The van der Waals surface area contributed by atoms with E-state index in [9.17, 15) is 0 Å². The van der Waals surface area contributed by atoms with Crippen molar-refractivity contribution in [1.29, 1.82) is 0 Å². The van der Waals surface area contributed by atoms with Gasteiger partial charge >= 0.3 is 0 Å². The number of pyridine rings is 1. The number of fused-ring (bicyclic) bond motifs is 1. The van der Waals surface area contributed by atoms with Gasteiger partial charge in [0.2, 0.25) is 0 Å². The number of aromatic nitrogens is 1. The van der Waals surface area contributed by atoms with Crippen LogP contribution in [0.1, 0.15) is 23.2 Å². The molecule has 20 heavy (non-hydrogen) atoms. The molecule has 1 heteroatoms. The number of para-hydroxylation sites is 1. The summed E-state index contributed by atoms with van der Waals surface area (Å²) >= 11 is 0. The molecule has 0 N–H and O–H groups in total. The Kier molecular flexibility index (Phi) is 3.78. The SMILES string of the molecule is Cc1cc(CCCc2ccccc2)nc2ccccc12. The molecule has 3 rings (SSSR count). The molecule has 100 valence electrons. The van der Waals surface area contributed by atoms with Gasteiger partial charge in [0.15, 0.2) is 0 Å². The second-order valence-electron chi connectivity index (χ2n) is 5.29. The largest absolute Gasteiger partial charge is 0.253 e. The molecule has 0 saturated carbocycles. The predicted octanol–water partition coefficient (Wildman–Crippen LogP) is 4.72. The molecular weight excluding hydrogens is 242 g/mol. The maximum Gasteiger partial charge on any atom is 0.0707 e. The second-order valence-corrected chi connectivity index (χ2v) is 5.29. The molecule has 0 unspecified atom stereocenters. The van der Waals surface area contributed by atoms with Crippen LogP contribution >= 0.6 is 0 Å². The average molecular weight is 261 g/mol. The van der Waals surface area contributed by atoms with Crippen LogP contribution in [-0.4, -0.2) is 4.98 Å². The highest BCUT2D eigenvalue weighted by atomic mass is 14.7. The van der Waals surface area contributed by atoms with Crippen LogP contribution in [0, 0.1) is 6.92 Å². The van der Waals surface area contributed by atoms with Crippen molar-refractivity contribution in [3.63, 3.8) is 0 Å². The van der Waals surface area contributed by atoms with Crippen LogP contribution in [0.25, 0.3) is 10.9 Å². The summed E-state index contributed by atoms with van der Waals surface area (Å²) in [5.41, 5.74) is 5.05. The van der Waals surface area contributed by atoms with Crippen LogP contribution in [0.2, 0.25) is 0 Å². The monoisotopic (exact) mass is 261 g/mol. The maximum absolute atomic E-state index is 4.77. The standard InChI is InChI=1S/C19H19N/c1-15-14-17(20-19-13-6-5-12-18(15)19)11-7-10-16-8-3-2-4-9-16/h2-6,8-9,12-14H,7,10-11H2,1H3. The Labute approximate surface area is 120 Å². The molecule has 0 aliphatic heterocycles. The van der Waals surface area contributed by atoms with Crippen LogP contribution in [-0.2, 0) is 12.8 Å². The van der Waals surface area contributed by atoms with Crippen molar-refractivity contribution in [3.05, 3.63) is 77.5 Å². The summed E-state index contributed by atoms with van der Waals surface area (Å²) in [4.78, 5) is 4.77. The van der Waals surface area contributed by atoms with Gasteiger partial charge < -0.3 is 0 Å². The highest BCUT2D eigenvalue weighted by Gasteiger charge is 2.02. The lowest BCUT2D eigenvalue weighted by molar-refractivity contribution is 0.802. The third-order valence-corrected chi connectivity index (χ3v) is 3.72. The molecule has 1 aromatic heterocycles. The Morgan fingerprint density at radius 1 is 0.850 bits per heavy atom. The lowest BCUT2D eigenvalue weighted by Gasteiger charge is -2.06. The Balaban J connectivity index is 1.72. The summed E-state index contributed by atoms with van der Waals surface area (Å²) in [5, 5.41) is 1.26. The zero-order chi connectivity index (χ0) is 13.8. The molecule has 3 aromatic rings. The number of rotatable bonds is 4. The van der Waals surface area contributed by atoms with E-state index in [1.807, 2.05) is 0 Å². The number of hydrogen-bond donors (Lipinski definition) is 0. The summed E-state index contributed by atoms with van der Waals surface area (Å²) < 4.78 is 0. The zero-order valence-corrected chi connectivity index (χ0v) is 11.8. The smallest absolute Gasteiger partial charge is 0.0707 e. The van der Waals surface area contributed by atoms with Gasteiger partial charge in [-0.05, 0) is 49.4 Å². The lowest BCUT2D eigenvalue weighted by atomic mass is 10.0. The van der Waals surface area contributed by atoms with E-state index in [0.717, 1.165) is 24.8 Å². The van der Waals surface area contributed by atoms with Gasteiger partial charge in [0.05, 0.1) is 5.52 Å². The molecule has 0 aliphatic carbocycles. The minimum Gasteiger partial charge on any atom is -0.253 e. The summed E-state index contributed by atoms with van der Waals surface area (Å²) in [6.45, 7) is 2.17. The van der Waals surface area contributed by atoms with Crippen LogP contribution < -0.4 is 0 Å². The zero-order valence-electron chi connectivity index (χ0n) is 11.8. The molecule has 1 heterocycles. The minimum absolute atomic E-state index is 1.04. The number of benzene rings is 2. The number of hydrogen-bond acceptors (Lipinski definition) is 1. The van der Waals surface area contributed by atoms with Crippen LogP contribution in [0.5, 0.6) is 0 Å². The maximum atomic E-state index is 4.77. The van der Waals surface area contributed by atoms with Crippen molar-refractivity contribution in [2.45, 2.75) is 26.2 Å². The third-order valence-electron chi connectivity index (χ3n) is 3.72. The van der Waals surface area contributed by atoms with Crippen LogP contribution in [0.15, 0.2) is 60.7 Å². The summed E-state index contributed by atoms with van der Waals surface area (Å²) in [6.07, 6.45) is 3.31. The highest BCUT2D eigenvalue weighted by Crippen LogP contribution is 2.18. The second kappa shape index (κ2) is 5.87. The van der Waals surface area contributed by atoms with Crippen molar-refractivity contribution in [2.24, 2.45) is 0 Å². The van der Waals surface area contributed by atoms with Crippen molar-refractivity contribution >= 4 is 10.9 Å². The van der Waals surface area contributed by atoms with E-state index in [1.54, 1.807) is 0 Å². The van der Waals surface area contributed by atoms with Gasteiger partial charge in [-0.2, -0.15) is 0 Å². The molecule has 0 spiro atoms. The molecular formula is C19H19N. The summed E-state index contributed by atoms with van der Waals surface area (Å²) in [7, 11) is 0. The molecule has 2 aromatic carbocycles. The van der Waals surface area contributed by atoms with Crippen molar-refractivity contribution in [3.8, 4) is 0 Å². The van der Waals surface area contributed by atoms with Crippen LogP contribution in [0.4, 0.5) is 0 Å². The fourth-order valence-electron chi connectivity index (χ4n) is 2.67. The third kappa shape index (κ3) is 2.88. The molecule has 1 nitrogen and oxygen atoms in total. The molecule has 0 saturated heterocycles. The first-order valence-electron chi connectivity index (χ1n) is 7.22. The van der Waals surface area contributed by atoms with Crippen LogP contribution in [0.3, 0.4) is 0 Å². The van der Waals surface area contributed by atoms with Gasteiger partial charge in [0, 0.05) is 11.1 Å². The molecule has 0 bridgehead atoms. The molecule has 0 fully saturated rings. The lowest BCUT2D eigenvalue weighted by Crippen LogP contribution is -1.95. The Morgan fingerprint density at radius 3 is 2.45 bits per heavy atom. The van der Waals surface area contributed by atoms with Crippen molar-refractivity contribution in [2.75, 3.05) is 0 Å². The average Bonchev–Trinajstić information content (AvgIpc) is 2.48. The fraction of sp³-hybridized carbons (Fsp3) is 0.211. The minimum atomic E-state index is 1.04. The Bertz CT molecular complexity index is 701. The van der Waals surface area contributed by atoms with E-state index in [-0.39, 0.29) is 0 Å². The normalized spacial score (nSPS) is 10.8. The van der Waals surface area contributed by atoms with Gasteiger partial charge in [-0.15, -0.1) is 0 Å². The van der Waals surface area contributed by atoms with Gasteiger partial charge in [0.25, 0.3) is 0 Å². The summed E-state index contributed by atoms with van der Waals surface area (Å²) in [6, 6.07) is 21.3. The predicted molar refractivity (Wildman–Crippen MR) is 84.9 cm³/mol. The Morgan fingerprint density at radius 2 is 1.60 bits per heavy atom. The quantitative estimate of drug-likeness (QED) is 0.662. The van der Waals surface area contributed by atoms with Crippen molar-refractivity contribution < 1.29 is 0 Å². The van der Waals surface area contributed by atoms with Crippen molar-refractivity contribution in [1.82, 2.24) is 4.98 Å². The highest BCUT2D eigenvalue weighted by molar-refractivity contribution is 5.81. The number of aryl methyl sites for hydroxylation is 3. The number of nitrogens with zero attached hydrogens (tertiary/aromatic N) is 1. The van der Waals surface area contributed by atoms with E-state index < -0.39 is 0 Å². The van der Waals surface area contributed by atoms with Gasteiger partial charge in [0.1, 0.15) is 0 Å². The van der Waals surface area contributed by atoms with E-state index in [1.165, 1.54) is 22.2 Å². The fourth-order valence-corrected chi connectivity index (χ4v) is 2.67. The molecule has 0 aliphatic rings. The van der Waals surface area contributed by atoms with Gasteiger partial charge in [-0.3, -0.25) is 4.98 Å². The molecule has 0 radical (unpaired) electrons. The van der Waals surface area contributed by atoms with E-state index in [2.05, 4.69) is 67.6 Å². The first kappa shape index (κ1) is 12.9. The first-order valence-corrected chi connectivity index (χ1v) is 7.22. The van der Waals surface area contributed by atoms with E-state index >= 15 is 0 Å². The molecule has 0 atom stereocenters. The summed E-state index contributed by atoms with van der Waals surface area (Å²) in [5.74, 6) is 0. The topological polar surface area (TPSA) is 12.9 Å². The first-order chi connectivity index (χ1) is 9.83. The Hall–Kier alpha value is -2.15. The van der Waals surface area contributed by atoms with E-state index in [4.69, 9.17) is 4.98 Å². The van der Waals surface area contributed by atoms with Gasteiger partial charge in [-0.25, -0.2) is 0 Å². The van der Waals surface area contributed by atoms with Gasteiger partial charge in [-0.1, -0.05) is 48.5 Å². The molecule has 0 amide bonds. The van der Waals surface area contributed by atoms with E-state index in [0.29, 0.717) is 0 Å².